The molecule has 0 radical (unpaired) electrons. The lowest BCUT2D eigenvalue weighted by molar-refractivity contribution is -0.145. The van der Waals surface area contributed by atoms with Crippen LogP contribution in [0.1, 0.15) is 40.0 Å². The molecule has 1 rings (SSSR count). The summed E-state index contributed by atoms with van der Waals surface area (Å²) >= 11 is 0. The molecule has 1 saturated carbocycles. The number of nitrogens with zero attached hydrogens (tertiary/aromatic N) is 2. The molecule has 0 heterocycles. The van der Waals surface area contributed by atoms with Crippen LogP contribution in [0.25, 0.3) is 0 Å². The predicted molar refractivity (Wildman–Crippen MR) is 67.4 cm³/mol. The first-order valence-corrected chi connectivity index (χ1v) is 6.45. The maximum Gasteiger partial charge on any atom is 0.243 e. The van der Waals surface area contributed by atoms with Crippen LogP contribution in [0.4, 0.5) is 0 Å². The van der Waals surface area contributed by atoms with E-state index in [1.54, 1.807) is 0 Å². The highest BCUT2D eigenvalue weighted by molar-refractivity contribution is 5.90. The molecular formula is C13H21N3O2. The van der Waals surface area contributed by atoms with E-state index in [9.17, 15) is 9.59 Å². The van der Waals surface area contributed by atoms with Gasteiger partial charge in [0.25, 0.3) is 0 Å². The number of hydrogen-bond acceptors (Lipinski definition) is 3. The molecule has 1 N–H and O–H groups in total. The zero-order valence-corrected chi connectivity index (χ0v) is 11.3. The highest BCUT2D eigenvalue weighted by Crippen LogP contribution is 2.41. The standard InChI is InChI=1S/C13H21N3O2/c1-4-16(8-11(17)15-10(2)3)12(18)13(9-14)6-5-7-13/h10H,4-8H2,1-3H3,(H,15,17). The van der Waals surface area contributed by atoms with Gasteiger partial charge in [0.15, 0.2) is 0 Å². The summed E-state index contributed by atoms with van der Waals surface area (Å²) in [4.78, 5) is 25.4. The fraction of sp³-hybridized carbons (Fsp3) is 0.769. The maximum atomic E-state index is 12.3. The summed E-state index contributed by atoms with van der Waals surface area (Å²) in [7, 11) is 0. The number of hydrogen-bond donors (Lipinski definition) is 1. The van der Waals surface area contributed by atoms with Gasteiger partial charge in [-0.15, -0.1) is 0 Å². The normalized spacial score (nSPS) is 16.6. The Morgan fingerprint density at radius 3 is 2.39 bits per heavy atom. The van der Waals surface area contributed by atoms with Crippen molar-refractivity contribution in [1.82, 2.24) is 10.2 Å². The van der Waals surface area contributed by atoms with Crippen LogP contribution in [0, 0.1) is 16.7 Å². The minimum Gasteiger partial charge on any atom is -0.352 e. The van der Waals surface area contributed by atoms with E-state index < -0.39 is 5.41 Å². The summed E-state index contributed by atoms with van der Waals surface area (Å²) in [6.07, 6.45) is 2.14. The van der Waals surface area contributed by atoms with Gasteiger partial charge in [0.2, 0.25) is 11.8 Å². The number of carbonyl (C=O) groups excluding carboxylic acids is 2. The van der Waals surface area contributed by atoms with Crippen molar-refractivity contribution in [2.45, 2.75) is 46.1 Å². The number of nitrogens with one attached hydrogen (secondary N) is 1. The molecule has 1 fully saturated rings. The van der Waals surface area contributed by atoms with Crippen LogP contribution in [-0.2, 0) is 9.59 Å². The Morgan fingerprint density at radius 2 is 2.06 bits per heavy atom. The van der Waals surface area contributed by atoms with E-state index in [2.05, 4.69) is 11.4 Å². The Kier molecular flexibility index (Phi) is 4.71. The SMILES string of the molecule is CCN(CC(=O)NC(C)C)C(=O)C1(C#N)CCC1. The molecule has 0 atom stereocenters. The number of likely N-dealkylation sites (N-methyl/N-ethyl adjacent to an activating group) is 1. The van der Waals surface area contributed by atoms with Crippen LogP contribution in [0.2, 0.25) is 0 Å². The largest absolute Gasteiger partial charge is 0.352 e. The van der Waals surface area contributed by atoms with Crippen molar-refractivity contribution >= 4 is 11.8 Å². The first kappa shape index (κ1) is 14.5. The average Bonchev–Trinajstić information content (AvgIpc) is 2.23. The molecule has 1 aliphatic rings. The van der Waals surface area contributed by atoms with Crippen molar-refractivity contribution in [1.29, 1.82) is 5.26 Å². The maximum absolute atomic E-state index is 12.3. The second-order valence-electron chi connectivity index (χ2n) is 5.09. The zero-order chi connectivity index (χ0) is 13.8. The average molecular weight is 251 g/mol. The summed E-state index contributed by atoms with van der Waals surface area (Å²) < 4.78 is 0. The van der Waals surface area contributed by atoms with Crippen LogP contribution in [0.3, 0.4) is 0 Å². The van der Waals surface area contributed by atoms with Gasteiger partial charge in [-0.05, 0) is 40.0 Å². The van der Waals surface area contributed by atoms with Gasteiger partial charge in [-0.2, -0.15) is 5.26 Å². The van der Waals surface area contributed by atoms with Gasteiger partial charge in [-0.25, -0.2) is 0 Å². The molecule has 0 saturated heterocycles. The lowest BCUT2D eigenvalue weighted by Crippen LogP contribution is -2.50. The molecule has 18 heavy (non-hydrogen) atoms. The second kappa shape index (κ2) is 5.85. The van der Waals surface area contributed by atoms with E-state index in [1.807, 2.05) is 20.8 Å². The van der Waals surface area contributed by atoms with Crippen LogP contribution in [-0.4, -0.2) is 35.8 Å². The Morgan fingerprint density at radius 1 is 1.44 bits per heavy atom. The van der Waals surface area contributed by atoms with Gasteiger partial charge in [0.05, 0.1) is 12.6 Å². The smallest absolute Gasteiger partial charge is 0.243 e. The molecule has 1 aliphatic carbocycles. The van der Waals surface area contributed by atoms with Crippen molar-refractivity contribution in [2.75, 3.05) is 13.1 Å². The second-order valence-corrected chi connectivity index (χ2v) is 5.09. The van der Waals surface area contributed by atoms with Gasteiger partial charge in [0, 0.05) is 12.6 Å². The van der Waals surface area contributed by atoms with Crippen molar-refractivity contribution in [3.05, 3.63) is 0 Å². The molecule has 0 bridgehead atoms. The molecule has 0 aliphatic heterocycles. The number of carbonyl (C=O) groups is 2. The molecule has 0 aromatic heterocycles. The van der Waals surface area contributed by atoms with E-state index >= 15 is 0 Å². The zero-order valence-electron chi connectivity index (χ0n) is 11.3. The Hall–Kier alpha value is -1.57. The van der Waals surface area contributed by atoms with Crippen LogP contribution < -0.4 is 5.32 Å². The van der Waals surface area contributed by atoms with Crippen LogP contribution in [0.5, 0.6) is 0 Å². The Bertz CT molecular complexity index is 367. The first-order chi connectivity index (χ1) is 8.45. The van der Waals surface area contributed by atoms with Crippen LogP contribution in [0.15, 0.2) is 0 Å². The minimum absolute atomic E-state index is 0.0386. The van der Waals surface area contributed by atoms with E-state index in [4.69, 9.17) is 5.26 Å². The molecule has 5 nitrogen and oxygen atoms in total. The molecule has 0 aromatic carbocycles. The lowest BCUT2D eigenvalue weighted by atomic mass is 9.69. The highest BCUT2D eigenvalue weighted by atomic mass is 16.2. The van der Waals surface area contributed by atoms with E-state index in [1.165, 1.54) is 4.90 Å². The number of nitriles is 1. The first-order valence-electron chi connectivity index (χ1n) is 6.45. The number of amides is 2. The van der Waals surface area contributed by atoms with E-state index in [0.717, 1.165) is 6.42 Å². The predicted octanol–water partition coefficient (Wildman–Crippen LogP) is 1.05. The molecule has 5 heteroatoms. The summed E-state index contributed by atoms with van der Waals surface area (Å²) in [6.45, 7) is 6.06. The summed E-state index contributed by atoms with van der Waals surface area (Å²) in [6, 6.07) is 2.18. The van der Waals surface area contributed by atoms with Gasteiger partial charge in [-0.1, -0.05) is 0 Å². The number of rotatable bonds is 5. The third-order valence-electron chi connectivity index (χ3n) is 3.28. The quantitative estimate of drug-likeness (QED) is 0.793. The van der Waals surface area contributed by atoms with Crippen molar-refractivity contribution in [2.24, 2.45) is 5.41 Å². The van der Waals surface area contributed by atoms with E-state index in [-0.39, 0.29) is 24.4 Å². The fourth-order valence-corrected chi connectivity index (χ4v) is 2.07. The lowest BCUT2D eigenvalue weighted by Gasteiger charge is -2.37. The van der Waals surface area contributed by atoms with Crippen molar-refractivity contribution in [3.63, 3.8) is 0 Å². The molecule has 0 unspecified atom stereocenters. The van der Waals surface area contributed by atoms with Gasteiger partial charge < -0.3 is 10.2 Å². The van der Waals surface area contributed by atoms with Gasteiger partial charge >= 0.3 is 0 Å². The highest BCUT2D eigenvalue weighted by Gasteiger charge is 2.46. The third-order valence-corrected chi connectivity index (χ3v) is 3.28. The van der Waals surface area contributed by atoms with Gasteiger partial charge in [-0.3, -0.25) is 9.59 Å². The Labute approximate surface area is 108 Å². The molecular weight excluding hydrogens is 230 g/mol. The molecule has 0 spiro atoms. The Balaban J connectivity index is 2.64. The third kappa shape index (κ3) is 3.00. The topological polar surface area (TPSA) is 73.2 Å². The minimum atomic E-state index is -0.867. The van der Waals surface area contributed by atoms with Gasteiger partial charge in [0.1, 0.15) is 5.41 Å². The summed E-state index contributed by atoms with van der Waals surface area (Å²) in [5.41, 5.74) is -0.867. The van der Waals surface area contributed by atoms with Crippen molar-refractivity contribution < 1.29 is 9.59 Å². The molecule has 0 aromatic rings. The molecule has 100 valence electrons. The summed E-state index contributed by atoms with van der Waals surface area (Å²) in [5.74, 6) is -0.370. The fourth-order valence-electron chi connectivity index (χ4n) is 2.07. The van der Waals surface area contributed by atoms with Crippen molar-refractivity contribution in [3.8, 4) is 6.07 Å². The van der Waals surface area contributed by atoms with E-state index in [0.29, 0.717) is 19.4 Å². The monoisotopic (exact) mass is 251 g/mol. The van der Waals surface area contributed by atoms with Crippen LogP contribution >= 0.6 is 0 Å². The summed E-state index contributed by atoms with van der Waals surface area (Å²) in [5, 5.41) is 11.9. The molecule has 2 amide bonds.